The van der Waals surface area contributed by atoms with Gasteiger partial charge < -0.3 is 10.3 Å². The zero-order valence-corrected chi connectivity index (χ0v) is 13.1. The van der Waals surface area contributed by atoms with Gasteiger partial charge in [-0.15, -0.1) is 0 Å². The highest BCUT2D eigenvalue weighted by Gasteiger charge is 2.18. The van der Waals surface area contributed by atoms with E-state index in [4.69, 9.17) is 5.26 Å². The second-order valence-corrected chi connectivity index (χ2v) is 5.64. The topological polar surface area (TPSA) is 132 Å². The van der Waals surface area contributed by atoms with Crippen molar-refractivity contribution in [3.05, 3.63) is 35.1 Å². The number of imidazole rings is 1. The number of aromatic amines is 2. The average molecular weight is 325 g/mol. The molecule has 0 saturated carbocycles. The number of H-pyrrole nitrogens is 2. The van der Waals surface area contributed by atoms with Gasteiger partial charge in [0.15, 0.2) is 5.65 Å². The van der Waals surface area contributed by atoms with Gasteiger partial charge in [0, 0.05) is 23.5 Å². The number of pyridine rings is 1. The maximum atomic E-state index is 12.2. The molecule has 3 aromatic heterocycles. The molecule has 1 atom stereocenters. The third-order valence-electron chi connectivity index (χ3n) is 3.61. The van der Waals surface area contributed by atoms with Crippen LogP contribution in [0.2, 0.25) is 0 Å². The van der Waals surface area contributed by atoms with Gasteiger partial charge in [0.1, 0.15) is 6.04 Å². The van der Waals surface area contributed by atoms with Crippen molar-refractivity contribution in [2.75, 3.05) is 0 Å². The Morgan fingerprint density at radius 3 is 2.92 bits per heavy atom. The highest BCUT2D eigenvalue weighted by molar-refractivity contribution is 5.89. The summed E-state index contributed by atoms with van der Waals surface area (Å²) in [6, 6.07) is 2.67. The molecule has 3 N–H and O–H groups in total. The zero-order valence-electron chi connectivity index (χ0n) is 13.1. The first-order valence-electron chi connectivity index (χ1n) is 7.32. The summed E-state index contributed by atoms with van der Waals surface area (Å²) in [7, 11) is 0. The lowest BCUT2D eigenvalue weighted by molar-refractivity contribution is 0.235. The molecule has 0 aliphatic carbocycles. The van der Waals surface area contributed by atoms with Crippen LogP contribution in [0, 0.1) is 17.2 Å². The van der Waals surface area contributed by atoms with Gasteiger partial charge in [-0.1, -0.05) is 13.8 Å². The third kappa shape index (κ3) is 2.77. The fourth-order valence-corrected chi connectivity index (χ4v) is 2.30. The predicted octanol–water partition coefficient (Wildman–Crippen LogP) is 1.22. The molecule has 24 heavy (non-hydrogen) atoms. The second-order valence-electron chi connectivity index (χ2n) is 5.64. The van der Waals surface area contributed by atoms with E-state index in [2.05, 4.69) is 25.4 Å². The van der Waals surface area contributed by atoms with E-state index in [-0.39, 0.29) is 11.6 Å². The first-order valence-corrected chi connectivity index (χ1v) is 7.32. The summed E-state index contributed by atoms with van der Waals surface area (Å²) in [6.45, 7) is 3.69. The van der Waals surface area contributed by atoms with Crippen molar-refractivity contribution in [2.24, 2.45) is 5.92 Å². The number of hydrogen-bond acceptors (Lipinski definition) is 5. The summed E-state index contributed by atoms with van der Waals surface area (Å²) < 4.78 is 1.12. The van der Waals surface area contributed by atoms with Crippen LogP contribution in [0.1, 0.15) is 13.8 Å². The van der Waals surface area contributed by atoms with Crippen molar-refractivity contribution >= 4 is 17.2 Å². The largest absolute Gasteiger partial charge is 0.343 e. The van der Waals surface area contributed by atoms with E-state index < -0.39 is 12.1 Å². The van der Waals surface area contributed by atoms with Gasteiger partial charge in [0.2, 0.25) is 0 Å². The number of fused-ring (bicyclic) bond motifs is 1. The first kappa shape index (κ1) is 15.5. The molecule has 122 valence electrons. The van der Waals surface area contributed by atoms with Crippen LogP contribution in [-0.2, 0) is 0 Å². The van der Waals surface area contributed by atoms with Crippen LogP contribution < -0.4 is 11.0 Å². The molecule has 1 amide bonds. The van der Waals surface area contributed by atoms with Crippen molar-refractivity contribution in [3.63, 3.8) is 0 Å². The number of carbonyl (C=O) groups is 1. The number of nitrogens with zero attached hydrogens (tertiary/aromatic N) is 4. The Morgan fingerprint density at radius 2 is 2.21 bits per heavy atom. The van der Waals surface area contributed by atoms with Crippen LogP contribution in [0.5, 0.6) is 0 Å². The number of carbonyl (C=O) groups excluding carboxylic acids is 1. The van der Waals surface area contributed by atoms with Crippen molar-refractivity contribution in [1.82, 2.24) is 30.0 Å². The van der Waals surface area contributed by atoms with E-state index in [9.17, 15) is 9.59 Å². The Hall–Kier alpha value is -3.41. The summed E-state index contributed by atoms with van der Waals surface area (Å²) in [5, 5.41) is 15.7. The zero-order chi connectivity index (χ0) is 17.3. The van der Waals surface area contributed by atoms with Crippen molar-refractivity contribution in [1.29, 1.82) is 5.26 Å². The number of rotatable bonds is 3. The van der Waals surface area contributed by atoms with Gasteiger partial charge in [-0.2, -0.15) is 15.0 Å². The maximum absolute atomic E-state index is 12.2. The van der Waals surface area contributed by atoms with Gasteiger partial charge >= 0.3 is 11.7 Å². The summed E-state index contributed by atoms with van der Waals surface area (Å²) in [6.07, 6.45) is 4.60. The lowest BCUT2D eigenvalue weighted by atomic mass is 10.1. The molecule has 0 radical (unpaired) electrons. The summed E-state index contributed by atoms with van der Waals surface area (Å²) in [4.78, 5) is 32.9. The maximum Gasteiger partial charge on any atom is 0.343 e. The molecule has 9 heteroatoms. The van der Waals surface area contributed by atoms with Crippen LogP contribution in [0.4, 0.5) is 4.79 Å². The Kier molecular flexibility index (Phi) is 3.87. The molecule has 0 bridgehead atoms. The quantitative estimate of drug-likeness (QED) is 0.666. The van der Waals surface area contributed by atoms with E-state index in [1.54, 1.807) is 12.3 Å². The fourth-order valence-electron chi connectivity index (χ4n) is 2.30. The molecular weight excluding hydrogens is 310 g/mol. The molecule has 0 saturated heterocycles. The molecule has 3 aromatic rings. The molecule has 0 aliphatic heterocycles. The van der Waals surface area contributed by atoms with Crippen LogP contribution in [0.3, 0.4) is 0 Å². The second kappa shape index (κ2) is 6.00. The Labute approximate surface area is 136 Å². The van der Waals surface area contributed by atoms with E-state index >= 15 is 0 Å². The van der Waals surface area contributed by atoms with Crippen molar-refractivity contribution in [3.8, 4) is 17.2 Å². The summed E-state index contributed by atoms with van der Waals surface area (Å²) in [5.74, 6) is -0.0151. The molecule has 9 nitrogen and oxygen atoms in total. The van der Waals surface area contributed by atoms with Crippen molar-refractivity contribution in [2.45, 2.75) is 19.9 Å². The highest BCUT2D eigenvalue weighted by atomic mass is 16.2. The van der Waals surface area contributed by atoms with E-state index in [1.165, 1.54) is 12.4 Å². The average Bonchev–Trinajstić information content (AvgIpc) is 3.17. The van der Waals surface area contributed by atoms with Crippen molar-refractivity contribution < 1.29 is 4.79 Å². The minimum Gasteiger partial charge on any atom is -0.320 e. The number of aromatic nitrogens is 5. The van der Waals surface area contributed by atoms with E-state index in [0.717, 1.165) is 4.68 Å². The predicted molar refractivity (Wildman–Crippen MR) is 86.1 cm³/mol. The summed E-state index contributed by atoms with van der Waals surface area (Å²) >= 11 is 0. The summed E-state index contributed by atoms with van der Waals surface area (Å²) in [5.41, 5.74) is 1.95. The number of amides is 1. The van der Waals surface area contributed by atoms with Gasteiger partial charge in [-0.05, 0) is 12.0 Å². The Bertz CT molecular complexity index is 989. The van der Waals surface area contributed by atoms with E-state index in [1.807, 2.05) is 19.9 Å². The molecule has 0 spiro atoms. The number of hydrogen-bond donors (Lipinski definition) is 3. The van der Waals surface area contributed by atoms with Gasteiger partial charge in [0.05, 0.1) is 17.8 Å². The molecular formula is C15H15N7O2. The molecule has 3 rings (SSSR count). The van der Waals surface area contributed by atoms with Gasteiger partial charge in [-0.25, -0.2) is 14.6 Å². The van der Waals surface area contributed by atoms with Gasteiger partial charge in [-0.3, -0.25) is 4.98 Å². The lowest BCUT2D eigenvalue weighted by Crippen LogP contribution is -2.40. The molecule has 3 heterocycles. The Morgan fingerprint density at radius 1 is 1.42 bits per heavy atom. The smallest absolute Gasteiger partial charge is 0.320 e. The highest BCUT2D eigenvalue weighted by Crippen LogP contribution is 2.23. The lowest BCUT2D eigenvalue weighted by Gasteiger charge is -2.14. The normalized spacial score (nSPS) is 12.2. The molecule has 0 aromatic carbocycles. The van der Waals surface area contributed by atoms with Crippen LogP contribution in [0.15, 0.2) is 29.5 Å². The van der Waals surface area contributed by atoms with E-state index in [0.29, 0.717) is 22.3 Å². The minimum atomic E-state index is -0.598. The molecule has 0 aliphatic rings. The number of nitriles is 1. The minimum absolute atomic E-state index is 0.0151. The monoisotopic (exact) mass is 325 g/mol. The molecule has 0 fully saturated rings. The molecule has 0 unspecified atom stereocenters. The fraction of sp³-hybridized carbons (Fsp3) is 0.267. The Balaban J connectivity index is 1.91. The van der Waals surface area contributed by atoms with Crippen LogP contribution in [-0.4, -0.2) is 36.8 Å². The first-order chi connectivity index (χ1) is 11.5. The van der Waals surface area contributed by atoms with Crippen LogP contribution in [0.25, 0.3) is 22.3 Å². The third-order valence-corrected chi connectivity index (χ3v) is 3.61. The standard InChI is InChI=1S/C15H15N7O2/c1-8(2)11(5-16)19-15(24)22-7-9(6-18-22)10-3-4-17-13-12(10)20-14(23)21-13/h3-4,6-8,11H,1-2H3,(H,19,24)(H2,17,20,21,23)/t11-/m1/s1. The van der Waals surface area contributed by atoms with Gasteiger partial charge in [0.25, 0.3) is 0 Å². The van der Waals surface area contributed by atoms with Crippen LogP contribution >= 0.6 is 0 Å². The number of nitrogens with one attached hydrogen (secondary N) is 3. The SMILES string of the molecule is CC(C)[C@@H](C#N)NC(=O)n1cc(-c2ccnc3[nH]c(=O)[nH]c23)cn1.